The molecule has 0 aliphatic heterocycles. The first-order valence-corrected chi connectivity index (χ1v) is 2.91. The van der Waals surface area contributed by atoms with Crippen LogP contribution in [0.2, 0.25) is 0 Å². The van der Waals surface area contributed by atoms with Crippen LogP contribution in [0.15, 0.2) is 0 Å². The van der Waals surface area contributed by atoms with E-state index < -0.39 is 0 Å². The third kappa shape index (κ3) is 3.63. The Bertz CT molecular complexity index is 83.0. The predicted octanol–water partition coefficient (Wildman–Crippen LogP) is 0.898. The molecule has 0 aliphatic carbocycles. The number of nitrogens with zero attached hydrogens (tertiary/aromatic N) is 1. The van der Waals surface area contributed by atoms with Crippen molar-refractivity contribution in [3.63, 3.8) is 0 Å². The van der Waals surface area contributed by atoms with Crippen molar-refractivity contribution in [1.29, 1.82) is 5.26 Å². The quantitative estimate of drug-likeness (QED) is 0.588. The second kappa shape index (κ2) is 4.61. The standard InChI is InChI=1S/C6H12N2/c1-3-8-6(2)4-5-7/h6,8H,3-4H2,1-2H3/t6-/m1/s1. The maximum Gasteiger partial charge on any atom is 0.0638 e. The van der Waals surface area contributed by atoms with Gasteiger partial charge in [-0.05, 0) is 13.5 Å². The van der Waals surface area contributed by atoms with Crippen LogP contribution < -0.4 is 5.32 Å². The Morgan fingerprint density at radius 1 is 1.75 bits per heavy atom. The summed E-state index contributed by atoms with van der Waals surface area (Å²) >= 11 is 0. The summed E-state index contributed by atoms with van der Waals surface area (Å²) in [7, 11) is 0. The largest absolute Gasteiger partial charge is 0.314 e. The van der Waals surface area contributed by atoms with Gasteiger partial charge in [-0.3, -0.25) is 0 Å². The van der Waals surface area contributed by atoms with E-state index in [1.54, 1.807) is 0 Å². The van der Waals surface area contributed by atoms with Crippen molar-refractivity contribution in [3.8, 4) is 6.07 Å². The molecule has 0 unspecified atom stereocenters. The topological polar surface area (TPSA) is 35.8 Å². The van der Waals surface area contributed by atoms with Gasteiger partial charge in [0.15, 0.2) is 0 Å². The predicted molar refractivity (Wildman–Crippen MR) is 33.4 cm³/mol. The van der Waals surface area contributed by atoms with Crippen LogP contribution in [0.25, 0.3) is 0 Å². The summed E-state index contributed by atoms with van der Waals surface area (Å²) in [6.07, 6.45) is 0.605. The van der Waals surface area contributed by atoms with E-state index in [2.05, 4.69) is 11.4 Å². The normalized spacial score (nSPS) is 12.6. The molecule has 2 nitrogen and oxygen atoms in total. The Hall–Kier alpha value is -0.550. The molecule has 0 saturated heterocycles. The summed E-state index contributed by atoms with van der Waals surface area (Å²) in [5.74, 6) is 0. The van der Waals surface area contributed by atoms with E-state index in [9.17, 15) is 0 Å². The van der Waals surface area contributed by atoms with Gasteiger partial charge in [0.1, 0.15) is 0 Å². The van der Waals surface area contributed by atoms with Gasteiger partial charge in [0, 0.05) is 6.04 Å². The van der Waals surface area contributed by atoms with Gasteiger partial charge in [-0.15, -0.1) is 0 Å². The molecule has 0 bridgehead atoms. The molecular weight excluding hydrogens is 100 g/mol. The minimum atomic E-state index is 0.352. The Kier molecular flexibility index (Phi) is 4.29. The molecule has 0 heterocycles. The van der Waals surface area contributed by atoms with Crippen LogP contribution in [0.5, 0.6) is 0 Å². The lowest BCUT2D eigenvalue weighted by atomic mass is 10.2. The molecule has 0 amide bonds. The second-order valence-electron chi connectivity index (χ2n) is 1.82. The fourth-order valence-corrected chi connectivity index (χ4v) is 0.558. The van der Waals surface area contributed by atoms with Gasteiger partial charge in [0.2, 0.25) is 0 Å². The Morgan fingerprint density at radius 2 is 2.38 bits per heavy atom. The van der Waals surface area contributed by atoms with Crippen molar-refractivity contribution in [2.75, 3.05) is 6.54 Å². The number of nitriles is 1. The van der Waals surface area contributed by atoms with Gasteiger partial charge < -0.3 is 5.32 Å². The molecule has 0 radical (unpaired) electrons. The highest BCUT2D eigenvalue weighted by Gasteiger charge is 1.94. The summed E-state index contributed by atoms with van der Waals surface area (Å²) in [4.78, 5) is 0. The monoisotopic (exact) mass is 112 g/mol. The number of hydrogen-bond donors (Lipinski definition) is 1. The van der Waals surface area contributed by atoms with Crippen LogP contribution in [0.4, 0.5) is 0 Å². The van der Waals surface area contributed by atoms with Crippen LogP contribution in [0, 0.1) is 11.3 Å². The first-order valence-electron chi connectivity index (χ1n) is 2.91. The highest BCUT2D eigenvalue weighted by atomic mass is 14.9. The lowest BCUT2D eigenvalue weighted by molar-refractivity contribution is 0.578. The van der Waals surface area contributed by atoms with Gasteiger partial charge in [-0.2, -0.15) is 5.26 Å². The van der Waals surface area contributed by atoms with Gasteiger partial charge in [0.25, 0.3) is 0 Å². The average Bonchev–Trinajstić information content (AvgIpc) is 1.68. The smallest absolute Gasteiger partial charge is 0.0638 e. The summed E-state index contributed by atoms with van der Waals surface area (Å²) in [6.45, 7) is 4.99. The fourth-order valence-electron chi connectivity index (χ4n) is 0.558. The van der Waals surface area contributed by atoms with Gasteiger partial charge in [0.05, 0.1) is 12.5 Å². The van der Waals surface area contributed by atoms with Crippen LogP contribution in [-0.2, 0) is 0 Å². The third-order valence-electron chi connectivity index (χ3n) is 0.950. The second-order valence-corrected chi connectivity index (χ2v) is 1.82. The molecule has 0 aromatic heterocycles. The summed E-state index contributed by atoms with van der Waals surface area (Å²) in [6, 6.07) is 2.44. The maximum atomic E-state index is 8.17. The van der Waals surface area contributed by atoms with Gasteiger partial charge in [-0.1, -0.05) is 6.92 Å². The molecule has 46 valence electrons. The molecule has 2 heteroatoms. The SMILES string of the molecule is CCN[C@H](C)CC#N. The molecule has 0 aromatic carbocycles. The third-order valence-corrected chi connectivity index (χ3v) is 0.950. The fraction of sp³-hybridized carbons (Fsp3) is 0.833. The van der Waals surface area contributed by atoms with Crippen molar-refractivity contribution in [3.05, 3.63) is 0 Å². The lowest BCUT2D eigenvalue weighted by Gasteiger charge is -2.04. The van der Waals surface area contributed by atoms with Crippen LogP contribution in [-0.4, -0.2) is 12.6 Å². The molecule has 0 aliphatic rings. The zero-order chi connectivity index (χ0) is 6.41. The zero-order valence-electron chi connectivity index (χ0n) is 5.44. The molecule has 1 atom stereocenters. The first-order chi connectivity index (χ1) is 3.81. The molecule has 8 heavy (non-hydrogen) atoms. The molecular formula is C6H12N2. The van der Waals surface area contributed by atoms with E-state index in [1.807, 2.05) is 13.8 Å². The summed E-state index contributed by atoms with van der Waals surface area (Å²) in [5, 5.41) is 11.3. The van der Waals surface area contributed by atoms with Crippen molar-refractivity contribution in [2.45, 2.75) is 26.3 Å². The number of rotatable bonds is 3. The maximum absolute atomic E-state index is 8.17. The van der Waals surface area contributed by atoms with Crippen LogP contribution in [0.1, 0.15) is 20.3 Å². The van der Waals surface area contributed by atoms with E-state index >= 15 is 0 Å². The van der Waals surface area contributed by atoms with Crippen molar-refractivity contribution >= 4 is 0 Å². The Labute approximate surface area is 50.5 Å². The number of hydrogen-bond acceptors (Lipinski definition) is 2. The molecule has 1 N–H and O–H groups in total. The van der Waals surface area contributed by atoms with Crippen LogP contribution >= 0.6 is 0 Å². The van der Waals surface area contributed by atoms with Crippen LogP contribution in [0.3, 0.4) is 0 Å². The summed E-state index contributed by atoms with van der Waals surface area (Å²) < 4.78 is 0. The Balaban J connectivity index is 3.08. The first kappa shape index (κ1) is 7.45. The molecule has 0 fully saturated rings. The highest BCUT2D eigenvalue weighted by Crippen LogP contribution is 1.84. The van der Waals surface area contributed by atoms with Gasteiger partial charge >= 0.3 is 0 Å². The van der Waals surface area contributed by atoms with E-state index in [1.165, 1.54) is 0 Å². The lowest BCUT2D eigenvalue weighted by Crippen LogP contribution is -2.24. The molecule has 0 spiro atoms. The average molecular weight is 112 g/mol. The van der Waals surface area contributed by atoms with Crippen molar-refractivity contribution in [2.24, 2.45) is 0 Å². The highest BCUT2D eigenvalue weighted by molar-refractivity contribution is 4.76. The van der Waals surface area contributed by atoms with E-state index in [4.69, 9.17) is 5.26 Å². The summed E-state index contributed by atoms with van der Waals surface area (Å²) in [5.41, 5.74) is 0. The number of nitrogens with one attached hydrogen (secondary N) is 1. The van der Waals surface area contributed by atoms with Crippen molar-refractivity contribution in [1.82, 2.24) is 5.32 Å². The molecule has 0 saturated carbocycles. The minimum Gasteiger partial charge on any atom is -0.314 e. The Morgan fingerprint density at radius 3 is 2.75 bits per heavy atom. The van der Waals surface area contributed by atoms with E-state index in [-0.39, 0.29) is 0 Å². The van der Waals surface area contributed by atoms with Gasteiger partial charge in [-0.25, -0.2) is 0 Å². The van der Waals surface area contributed by atoms with E-state index in [0.717, 1.165) is 6.54 Å². The minimum absolute atomic E-state index is 0.352. The molecule has 0 rings (SSSR count). The van der Waals surface area contributed by atoms with Crippen molar-refractivity contribution < 1.29 is 0 Å². The van der Waals surface area contributed by atoms with E-state index in [0.29, 0.717) is 12.5 Å². The zero-order valence-corrected chi connectivity index (χ0v) is 5.44. The molecule has 0 aromatic rings.